The van der Waals surface area contributed by atoms with E-state index in [4.69, 9.17) is 4.74 Å². The second-order valence-electron chi connectivity index (χ2n) is 32.0. The lowest BCUT2D eigenvalue weighted by molar-refractivity contribution is -0.154. The maximum atomic E-state index is 16.7. The number of allylic oxidation sites excluding steroid dienone is 3. The van der Waals surface area contributed by atoms with E-state index in [1.165, 1.54) is 4.90 Å². The van der Waals surface area contributed by atoms with Crippen LogP contribution in [0.3, 0.4) is 0 Å². The van der Waals surface area contributed by atoms with Gasteiger partial charge in [0, 0.05) is 63.1 Å². The van der Waals surface area contributed by atoms with E-state index in [1.807, 2.05) is 200 Å². The second-order valence-corrected chi connectivity index (χ2v) is 32.0. The van der Waals surface area contributed by atoms with Crippen molar-refractivity contribution in [2.45, 2.75) is 208 Å². The molecule has 0 radical (unpaired) electrons. The van der Waals surface area contributed by atoms with Crippen LogP contribution in [0.25, 0.3) is 11.1 Å². The predicted octanol–water partition coefficient (Wildman–Crippen LogP) is 14.5. The van der Waals surface area contributed by atoms with Gasteiger partial charge in [0.1, 0.15) is 40.5 Å². The first kappa shape index (κ1) is 80.5. The quantitative estimate of drug-likeness (QED) is 0.0289. The topological polar surface area (TPSA) is 226 Å². The molecule has 2 aliphatic carbocycles. The van der Waals surface area contributed by atoms with Crippen molar-refractivity contribution in [3.8, 4) is 5.75 Å². The average molecular weight is 1440 g/mol. The Morgan fingerprint density at radius 3 is 1.75 bits per heavy atom. The highest BCUT2D eigenvalue weighted by molar-refractivity contribution is 6.02. The Balaban J connectivity index is 1.09. The summed E-state index contributed by atoms with van der Waals surface area (Å²) >= 11 is 0. The third kappa shape index (κ3) is 20.5. The van der Waals surface area contributed by atoms with Crippen LogP contribution in [-0.4, -0.2) is 117 Å². The van der Waals surface area contributed by atoms with Gasteiger partial charge in [0.2, 0.25) is 29.5 Å². The number of rotatable bonds is 36. The van der Waals surface area contributed by atoms with Crippen molar-refractivity contribution in [3.63, 3.8) is 0 Å². The monoisotopic (exact) mass is 1440 g/mol. The molecule has 1 fully saturated rings. The van der Waals surface area contributed by atoms with Crippen molar-refractivity contribution in [2.24, 2.45) is 34.5 Å². The number of aliphatic carboxylic acids is 1. The van der Waals surface area contributed by atoms with Crippen LogP contribution in [0.2, 0.25) is 0 Å². The summed E-state index contributed by atoms with van der Waals surface area (Å²) in [7, 11) is 1.59. The lowest BCUT2D eigenvalue weighted by atomic mass is 9.70. The highest BCUT2D eigenvalue weighted by Crippen LogP contribution is 2.44. The van der Waals surface area contributed by atoms with Gasteiger partial charge >= 0.3 is 5.97 Å². The molecular weight excluding hydrogens is 1330 g/mol. The number of likely N-dealkylation sites (tertiary alicyclic amines) is 1. The fourth-order valence-corrected chi connectivity index (χ4v) is 15.6. The van der Waals surface area contributed by atoms with Gasteiger partial charge in [0.25, 0.3) is 0 Å². The highest BCUT2D eigenvalue weighted by atomic mass is 16.5. The number of carboxylic acid groups (broad SMARTS) is 1. The van der Waals surface area contributed by atoms with E-state index in [-0.39, 0.29) is 56.5 Å². The van der Waals surface area contributed by atoms with Crippen LogP contribution in [0.4, 0.5) is 0 Å². The largest absolute Gasteiger partial charge is 0.488 e. The number of ketones is 3. The molecule has 562 valence electrons. The molecule has 16 heteroatoms. The molecule has 4 N–H and O–H groups in total. The lowest BCUT2D eigenvalue weighted by Crippen LogP contribution is -2.63. The summed E-state index contributed by atoms with van der Waals surface area (Å²) in [6, 6.07) is 46.2. The van der Waals surface area contributed by atoms with Gasteiger partial charge in [0.05, 0.1) is 23.8 Å². The van der Waals surface area contributed by atoms with Crippen molar-refractivity contribution >= 4 is 64.0 Å². The number of nitrogens with zero attached hydrogens (tertiary/aromatic N) is 2. The summed E-state index contributed by atoms with van der Waals surface area (Å²) in [6.45, 7) is 21.6. The summed E-state index contributed by atoms with van der Waals surface area (Å²) < 4.78 is 6.21. The molecule has 0 aromatic heterocycles. The number of hydrogen-bond donors (Lipinski definition) is 4. The smallest absolute Gasteiger partial charge is 0.305 e. The molecule has 6 aromatic rings. The van der Waals surface area contributed by atoms with Crippen molar-refractivity contribution in [2.75, 3.05) is 20.1 Å². The van der Waals surface area contributed by atoms with E-state index in [0.717, 1.165) is 74.9 Å². The number of piperidine rings is 1. The molecule has 0 spiro atoms. The minimum absolute atomic E-state index is 0.00683. The lowest BCUT2D eigenvalue weighted by Gasteiger charge is -2.43. The minimum atomic E-state index is -1.79. The normalized spacial score (nSPS) is 17.1. The van der Waals surface area contributed by atoms with E-state index >= 15 is 28.8 Å². The third-order valence-electron chi connectivity index (χ3n) is 22.5. The van der Waals surface area contributed by atoms with Gasteiger partial charge in [-0.15, -0.1) is 0 Å². The van der Waals surface area contributed by atoms with Crippen molar-refractivity contribution in [3.05, 3.63) is 220 Å². The number of aryl methyl sites for hydroxylation is 1. The molecule has 6 aromatic carbocycles. The number of ether oxygens (including phenoxy) is 1. The van der Waals surface area contributed by atoms with E-state index in [2.05, 4.69) is 34.2 Å². The number of benzene rings is 6. The molecule has 0 saturated carbocycles. The zero-order chi connectivity index (χ0) is 76.7. The number of Topliss-reactive ketones (excluding diaryl/α,β-unsaturated/α-hetero) is 3. The van der Waals surface area contributed by atoms with Gasteiger partial charge in [-0.3, -0.25) is 43.2 Å². The summed E-state index contributed by atoms with van der Waals surface area (Å²) in [5, 5.41) is 19.0. The molecule has 106 heavy (non-hydrogen) atoms. The fourth-order valence-electron chi connectivity index (χ4n) is 15.6. The van der Waals surface area contributed by atoms with Crippen LogP contribution in [-0.2, 0) is 81.7 Å². The zero-order valence-corrected chi connectivity index (χ0v) is 64.4. The average Bonchev–Trinajstić information content (AvgIpc) is 1.09. The third-order valence-corrected chi connectivity index (χ3v) is 22.5. The number of fused-ring (bicyclic) bond motifs is 2. The van der Waals surface area contributed by atoms with E-state index in [1.54, 1.807) is 39.6 Å². The van der Waals surface area contributed by atoms with Gasteiger partial charge in [-0.2, -0.15) is 0 Å². The van der Waals surface area contributed by atoms with Crippen molar-refractivity contribution in [1.82, 2.24) is 25.8 Å². The molecule has 16 nitrogen and oxygen atoms in total. The van der Waals surface area contributed by atoms with Gasteiger partial charge in [-0.25, -0.2) is 0 Å². The summed E-state index contributed by atoms with van der Waals surface area (Å²) in [4.78, 5) is 140. The molecular formula is C90H111N5O11. The SMILES string of the molecule is CC[C@H](C)C(NC(=O)[C@H](Cc1ccccc1)C(C)C(=O)C(CC1=CCc2ccccc21)NC(=O)[C@](C)(Cc1ccccc1)N(C)C(=O)[C@@](C)(CC(=O)[C@H](CC(=O)C(C)(CC)Cc1cccc(C)c1)Cc1ccc(OC(C)(C)C)cc1)CC1=CCc2ccccc21)C(=O)N[C@@H](CC(=O)O)C(=O)N1CCCCC1. The van der Waals surface area contributed by atoms with Crippen molar-refractivity contribution in [1.29, 1.82) is 0 Å². The second kappa shape index (κ2) is 35.7. The Bertz CT molecular complexity index is 4190. The number of amides is 5. The molecule has 1 heterocycles. The van der Waals surface area contributed by atoms with Crippen LogP contribution < -0.4 is 20.7 Å². The maximum Gasteiger partial charge on any atom is 0.305 e. The van der Waals surface area contributed by atoms with Crippen LogP contribution in [0.15, 0.2) is 170 Å². The number of carbonyl (C=O) groups excluding carboxylic acids is 8. The molecule has 5 amide bonds. The van der Waals surface area contributed by atoms with E-state index < -0.39 is 111 Å². The molecule has 1 aliphatic heterocycles. The number of hydrogen-bond acceptors (Lipinski definition) is 10. The first-order chi connectivity index (χ1) is 50.4. The van der Waals surface area contributed by atoms with Gasteiger partial charge in [-0.05, 0) is 173 Å². The van der Waals surface area contributed by atoms with Gasteiger partial charge in [0.15, 0.2) is 5.78 Å². The Labute approximate surface area is 628 Å². The number of carboxylic acids is 1. The highest BCUT2D eigenvalue weighted by Gasteiger charge is 2.50. The molecule has 10 atom stereocenters. The Morgan fingerprint density at radius 1 is 0.575 bits per heavy atom. The molecule has 4 unspecified atom stereocenters. The van der Waals surface area contributed by atoms with Crippen molar-refractivity contribution < 1.29 is 53.0 Å². The minimum Gasteiger partial charge on any atom is -0.488 e. The summed E-state index contributed by atoms with van der Waals surface area (Å²) in [6.07, 6.45) is 8.44. The first-order valence-corrected chi connectivity index (χ1v) is 38.2. The predicted molar refractivity (Wildman–Crippen MR) is 417 cm³/mol. The summed E-state index contributed by atoms with van der Waals surface area (Å²) in [5.74, 6) is -8.15. The number of carbonyl (C=O) groups is 9. The number of nitrogens with one attached hydrogen (secondary N) is 3. The van der Waals surface area contributed by atoms with Crippen LogP contribution in [0, 0.1) is 41.4 Å². The van der Waals surface area contributed by atoms with Gasteiger partial charge in [-0.1, -0.05) is 211 Å². The van der Waals surface area contributed by atoms with E-state index in [9.17, 15) is 19.5 Å². The molecule has 0 bridgehead atoms. The summed E-state index contributed by atoms with van der Waals surface area (Å²) in [5.41, 5.74) is 5.38. The Kier molecular flexibility index (Phi) is 27.1. The fraction of sp³-hybridized carbons (Fsp3) is 0.456. The molecule has 1 saturated heterocycles. The standard InChI is InChI=1S/C90H111N5O11/c1-13-60(4)80(83(102)91-76(54-79(98)99)84(103)95-47-26-17-27-48-95)93-82(101)74(51-62-30-18-15-19-31-62)61(5)81(100)75(52-68-43-41-66-35-22-24-37-72(66)68)92-85(104)90(11,56-64-32-20-16-21-33-64)94(12)86(105)89(10,57-69-44-42-67-36-23-25-38-73(67)69)58-77(96)70(50-63-39-45-71(46-40-63)106-87(6,7)8)53-78(97)88(9,14-2)55-65-34-28-29-59(3)49-65/h15-16,18-25,28-40,43-46,49,60-61,70,74-76,80H,13-14,17,26-27,41-42,47-48,50-58H2,1-12H3,(H,91,102)(H,92,104)(H,93,101)(H,98,99)/t60-,61?,70-,74+,75?,76-,80?,88?,89+,90-/m0/s1. The van der Waals surface area contributed by atoms with Gasteiger partial charge < -0.3 is 35.6 Å². The maximum absolute atomic E-state index is 16.7. The molecule has 9 rings (SSSR count). The molecule has 3 aliphatic rings. The van der Waals surface area contributed by atoms with Crippen LogP contribution in [0.5, 0.6) is 5.75 Å². The Morgan fingerprint density at radius 2 is 1.15 bits per heavy atom. The zero-order valence-electron chi connectivity index (χ0n) is 64.4. The number of likely N-dealkylation sites (N-methyl/N-ethyl adjacent to an activating group) is 1. The Hall–Kier alpha value is -9.57. The van der Waals surface area contributed by atoms with E-state index in [0.29, 0.717) is 56.5 Å². The van der Waals surface area contributed by atoms with Crippen LogP contribution >= 0.6 is 0 Å². The van der Waals surface area contributed by atoms with Crippen LogP contribution in [0.1, 0.15) is 184 Å². The first-order valence-electron chi connectivity index (χ1n) is 38.2.